The van der Waals surface area contributed by atoms with Crippen molar-refractivity contribution in [1.82, 2.24) is 0 Å². The number of pyridine rings is 1. The number of fused-ring (bicyclic) bond motifs is 4. The maximum atomic E-state index is 14.2. The monoisotopic (exact) mass is 1230 g/mol. The van der Waals surface area contributed by atoms with Crippen molar-refractivity contribution < 1.29 is 110 Å². The van der Waals surface area contributed by atoms with Gasteiger partial charge in [0.1, 0.15) is 6.15 Å². The molecule has 0 spiro atoms. The van der Waals surface area contributed by atoms with Crippen LogP contribution < -0.4 is 26.4 Å². The second-order valence-electron chi connectivity index (χ2n) is 20.0. The van der Waals surface area contributed by atoms with E-state index in [1.54, 1.807) is 0 Å². The number of aromatic nitrogens is 1. The maximum Gasteiger partial charge on any atom is 0.416 e. The van der Waals surface area contributed by atoms with Crippen LogP contribution in [0.2, 0.25) is 0 Å². The molecule has 9 aromatic carbocycles. The molecule has 0 aliphatic carbocycles. The zero-order chi connectivity index (χ0) is 63.1. The van der Waals surface area contributed by atoms with E-state index in [0.29, 0.717) is 0 Å². The van der Waals surface area contributed by atoms with Gasteiger partial charge in [0.25, 0.3) is 0 Å². The Bertz CT molecular complexity index is 3780. The van der Waals surface area contributed by atoms with Crippen LogP contribution in [-0.4, -0.2) is 6.15 Å². The highest BCUT2D eigenvalue weighted by molar-refractivity contribution is 7.20. The lowest BCUT2D eigenvalue weighted by atomic mass is 9.12. The highest BCUT2D eigenvalue weighted by atomic mass is 19.4. The lowest BCUT2D eigenvalue weighted by Gasteiger charge is -2.46. The Hall–Kier alpha value is -8.45. The van der Waals surface area contributed by atoms with Crippen LogP contribution in [0.3, 0.4) is 0 Å². The van der Waals surface area contributed by atoms with Crippen molar-refractivity contribution in [2.75, 3.05) is 0 Å². The fourth-order valence-corrected chi connectivity index (χ4v) is 10.5. The van der Waals surface area contributed by atoms with E-state index in [0.717, 1.165) is 6.54 Å². The van der Waals surface area contributed by atoms with E-state index in [4.69, 9.17) is 0 Å². The van der Waals surface area contributed by atoms with Crippen molar-refractivity contribution in [2.24, 2.45) is 0 Å². The Kier molecular flexibility index (Phi) is 15.5. The lowest BCUT2D eigenvalue weighted by molar-refractivity contribution is -0.686. The molecule has 26 heteroatoms. The van der Waals surface area contributed by atoms with Gasteiger partial charge in [0, 0.05) is 17.0 Å². The van der Waals surface area contributed by atoms with Crippen molar-refractivity contribution >= 4 is 71.1 Å². The molecule has 0 radical (unpaired) electrons. The van der Waals surface area contributed by atoms with Crippen LogP contribution in [0.4, 0.5) is 105 Å². The highest BCUT2D eigenvalue weighted by Crippen LogP contribution is 2.42. The molecule has 0 bridgehead atoms. The van der Waals surface area contributed by atoms with Crippen LogP contribution in [0.5, 0.6) is 0 Å². The predicted octanol–water partition coefficient (Wildman–Crippen LogP) is 17.8. The summed E-state index contributed by atoms with van der Waals surface area (Å²) in [6.45, 7) is 0.848. The van der Waals surface area contributed by atoms with E-state index >= 15 is 0 Å². The fourth-order valence-electron chi connectivity index (χ4n) is 10.5. The molecule has 1 nitrogen and oxygen atoms in total. The molecule has 10 rings (SSSR count). The smallest absolute Gasteiger partial charge is 0.200 e. The number of halogens is 24. The van der Waals surface area contributed by atoms with Crippen LogP contribution in [0, 0.1) is 0 Å². The average Bonchev–Trinajstić information content (AvgIpc) is 0.752. The van der Waals surface area contributed by atoms with Gasteiger partial charge in [-0.2, -0.15) is 127 Å². The minimum absolute atomic E-state index is 0.691. The number of rotatable bonds is 6. The van der Waals surface area contributed by atoms with E-state index in [1.807, 2.05) is 0 Å². The Morgan fingerprint density at radius 2 is 0.535 bits per heavy atom. The van der Waals surface area contributed by atoms with E-state index in [9.17, 15) is 105 Å². The van der Waals surface area contributed by atoms with E-state index in [1.165, 1.54) is 48.7 Å². The zero-order valence-corrected chi connectivity index (χ0v) is 42.6. The van der Waals surface area contributed by atoms with Gasteiger partial charge in [-0.1, -0.05) is 115 Å². The summed E-state index contributed by atoms with van der Waals surface area (Å²) in [5.41, 5.74) is -28.8. The minimum atomic E-state index is -6.13. The average molecular weight is 1230 g/mol. The maximum absolute atomic E-state index is 14.2. The second-order valence-corrected chi connectivity index (χ2v) is 20.0. The molecule has 1 heterocycles. The first-order valence-corrected chi connectivity index (χ1v) is 24.7. The molecular weight excluding hydrogens is 1200 g/mol. The van der Waals surface area contributed by atoms with Crippen molar-refractivity contribution in [2.45, 2.75) is 56.0 Å². The molecule has 0 unspecified atom stereocenters. The van der Waals surface area contributed by atoms with E-state index in [-0.39, 0.29) is 0 Å². The molecule has 0 amide bonds. The third kappa shape index (κ3) is 12.7. The summed E-state index contributed by atoms with van der Waals surface area (Å²) in [4.78, 5) is 0. The molecule has 10 aromatic rings. The van der Waals surface area contributed by atoms with Crippen LogP contribution in [0.15, 0.2) is 182 Å². The topological polar surface area (TPSA) is 3.88 Å². The number of hydrogen-bond acceptors (Lipinski definition) is 0. The molecule has 0 saturated carbocycles. The number of benzene rings is 9. The summed E-state index contributed by atoms with van der Waals surface area (Å²) in [7, 11) is 0. The Morgan fingerprint density at radius 1 is 0.256 bits per heavy atom. The first kappa shape index (κ1) is 62.1. The second kappa shape index (κ2) is 21.5. The molecule has 0 aliphatic heterocycles. The zero-order valence-electron chi connectivity index (χ0n) is 42.6. The molecule has 0 N–H and O–H groups in total. The van der Waals surface area contributed by atoms with Gasteiger partial charge in [0.15, 0.2) is 18.9 Å². The van der Waals surface area contributed by atoms with E-state index < -0.39 is 195 Å². The number of nitrogens with zero attached hydrogens (tertiary/aromatic N) is 1. The van der Waals surface area contributed by atoms with Crippen molar-refractivity contribution in [3.8, 4) is 0 Å². The Balaban J connectivity index is 0.000000251. The van der Waals surface area contributed by atoms with Gasteiger partial charge in [-0.3, -0.25) is 0 Å². The van der Waals surface area contributed by atoms with Crippen LogP contribution in [-0.2, 0) is 56.0 Å². The first-order chi connectivity index (χ1) is 39.6. The van der Waals surface area contributed by atoms with Gasteiger partial charge < -0.3 is 0 Å². The standard InChI is InChI=1S/C32H12BF24.C28H20N/c34-25(35,36)13-1-14(26(37,38)39)6-21(5-13)33(22-7-15(27(40,41)42)2-16(8-22)28(43,44)45,23-9-17(29(46,47)48)3-18(10-23)30(49,50)51)24-11-19(31(52,53)54)4-20(12-24)32(55,56)57;1-4-11-24-18-29(14-13-20(24)7-1)19-28-26-12-6-5-10-23(26)16-25-15-21-8-2-3-9-22(21)17-27(25)28/h1-12H;1-18H,19H2/q-1;+1. The molecule has 86 heavy (non-hydrogen) atoms. The third-order valence-electron chi connectivity index (χ3n) is 14.4. The van der Waals surface area contributed by atoms with Crippen LogP contribution in [0.25, 0.3) is 43.1 Å². The summed E-state index contributed by atoms with van der Waals surface area (Å²) in [5.74, 6) is 0. The summed E-state index contributed by atoms with van der Waals surface area (Å²) in [5, 5.41) is 10.4. The van der Waals surface area contributed by atoms with Gasteiger partial charge in [0.05, 0.1) is 44.5 Å². The number of hydrogen-bond donors (Lipinski definition) is 0. The highest BCUT2D eigenvalue weighted by Gasteiger charge is 2.47. The fraction of sp³-hybridized carbons (Fsp3) is 0.150. The summed E-state index contributed by atoms with van der Waals surface area (Å²) in [6.07, 6.45) is -50.4. The molecule has 1 aromatic heterocycles. The molecule has 448 valence electrons. The molecule has 0 aliphatic rings. The van der Waals surface area contributed by atoms with Gasteiger partial charge >= 0.3 is 49.4 Å². The molecule has 0 atom stereocenters. The Morgan fingerprint density at radius 3 is 0.872 bits per heavy atom. The van der Waals surface area contributed by atoms with E-state index in [2.05, 4.69) is 114 Å². The molecule has 0 saturated heterocycles. The third-order valence-corrected chi connectivity index (χ3v) is 14.4. The van der Waals surface area contributed by atoms with Crippen molar-refractivity contribution in [1.29, 1.82) is 0 Å². The summed E-state index contributed by atoms with van der Waals surface area (Å²) in [6, 6.07) is 26.3. The van der Waals surface area contributed by atoms with Crippen molar-refractivity contribution in [3.63, 3.8) is 0 Å². The lowest BCUT2D eigenvalue weighted by Crippen LogP contribution is -2.75. The summed E-state index contributed by atoms with van der Waals surface area (Å²) < 4.78 is 343. The first-order valence-electron chi connectivity index (χ1n) is 24.7. The predicted molar refractivity (Wildman–Crippen MR) is 272 cm³/mol. The summed E-state index contributed by atoms with van der Waals surface area (Å²) >= 11 is 0. The van der Waals surface area contributed by atoms with Gasteiger partial charge in [-0.15, -0.1) is 0 Å². The van der Waals surface area contributed by atoms with Crippen LogP contribution >= 0.6 is 0 Å². The molecular formula is C60H32BF24N. The Labute approximate surface area is 468 Å². The van der Waals surface area contributed by atoms with Gasteiger partial charge in [0.2, 0.25) is 0 Å². The largest absolute Gasteiger partial charge is 0.416 e. The minimum Gasteiger partial charge on any atom is -0.200 e. The SMILES string of the molecule is FC(F)(F)c1cc([B-](c2cc(C(F)(F)F)cc(C(F)(F)F)c2)(c2cc(C(F)(F)F)cc(C(F)(F)F)c2)c2cc(C(F)(F)F)cc(C(F)(F)F)c2)cc(C(F)(F)F)c1.c1ccc2c[n+](Cc3c4ccccc4cc4cc5ccccc5cc34)ccc2c1. The van der Waals surface area contributed by atoms with Gasteiger partial charge in [-0.05, 0) is 86.2 Å². The normalized spacial score (nSPS) is 13.4. The quantitative estimate of drug-likeness (QED) is 0.0676. The van der Waals surface area contributed by atoms with Crippen molar-refractivity contribution in [3.05, 3.63) is 232 Å². The molecule has 0 fully saturated rings. The number of alkyl halides is 24. The van der Waals surface area contributed by atoms with Gasteiger partial charge in [-0.25, -0.2) is 4.57 Å². The van der Waals surface area contributed by atoms with Crippen LogP contribution in [0.1, 0.15) is 50.1 Å².